The van der Waals surface area contributed by atoms with E-state index in [9.17, 15) is 9.59 Å². The van der Waals surface area contributed by atoms with Crippen molar-refractivity contribution in [2.24, 2.45) is 5.10 Å². The van der Waals surface area contributed by atoms with Crippen LogP contribution in [0.5, 0.6) is 0 Å². The van der Waals surface area contributed by atoms with E-state index in [2.05, 4.69) is 16.6 Å². The third-order valence-electron chi connectivity index (χ3n) is 3.06. The first kappa shape index (κ1) is 11.6. The third-order valence-corrected chi connectivity index (χ3v) is 3.06. The highest BCUT2D eigenvalue weighted by Crippen LogP contribution is 2.17. The predicted molar refractivity (Wildman–Crippen MR) is 59.8 cm³/mol. The van der Waals surface area contributed by atoms with E-state index < -0.39 is 0 Å². The zero-order valence-electron chi connectivity index (χ0n) is 9.48. The van der Waals surface area contributed by atoms with E-state index >= 15 is 0 Å². The summed E-state index contributed by atoms with van der Waals surface area (Å²) in [5.41, 5.74) is 2.66. The number of piperidine rings is 1. The van der Waals surface area contributed by atoms with E-state index in [4.69, 9.17) is 5.26 Å². The Morgan fingerprint density at radius 1 is 1.47 bits per heavy atom. The van der Waals surface area contributed by atoms with Crippen molar-refractivity contribution in [2.75, 3.05) is 6.54 Å². The SMILES string of the molecule is N#CC1CCCCN1C(=O)C1=NNC(=O)CC1. The van der Waals surface area contributed by atoms with Crippen molar-refractivity contribution >= 4 is 17.5 Å². The molecule has 1 fully saturated rings. The van der Waals surface area contributed by atoms with Crippen LogP contribution in [-0.2, 0) is 9.59 Å². The van der Waals surface area contributed by atoms with Gasteiger partial charge in [0.15, 0.2) is 0 Å². The number of carbonyl (C=O) groups is 2. The molecule has 0 saturated carbocycles. The first-order valence-electron chi connectivity index (χ1n) is 5.78. The van der Waals surface area contributed by atoms with Crippen molar-refractivity contribution in [3.8, 4) is 6.07 Å². The maximum atomic E-state index is 12.1. The lowest BCUT2D eigenvalue weighted by Crippen LogP contribution is -2.47. The number of hydrazone groups is 1. The van der Waals surface area contributed by atoms with Crippen molar-refractivity contribution in [3.63, 3.8) is 0 Å². The molecule has 1 saturated heterocycles. The van der Waals surface area contributed by atoms with Crippen LogP contribution in [0.25, 0.3) is 0 Å². The number of likely N-dealkylation sites (tertiary alicyclic amines) is 1. The van der Waals surface area contributed by atoms with Gasteiger partial charge in [-0.1, -0.05) is 0 Å². The summed E-state index contributed by atoms with van der Waals surface area (Å²) in [6, 6.07) is 1.80. The normalized spacial score (nSPS) is 24.6. The van der Waals surface area contributed by atoms with Gasteiger partial charge in [0.2, 0.25) is 5.91 Å². The topological polar surface area (TPSA) is 85.6 Å². The minimum absolute atomic E-state index is 0.169. The molecule has 0 radical (unpaired) electrons. The van der Waals surface area contributed by atoms with Gasteiger partial charge in [0, 0.05) is 19.4 Å². The Hall–Kier alpha value is -1.90. The third kappa shape index (κ3) is 2.44. The summed E-state index contributed by atoms with van der Waals surface area (Å²) in [6.07, 6.45) is 3.27. The predicted octanol–water partition coefficient (Wildman–Crippen LogP) is 0.157. The van der Waals surface area contributed by atoms with Gasteiger partial charge in [-0.15, -0.1) is 0 Å². The molecule has 0 aromatic rings. The molecule has 2 heterocycles. The lowest BCUT2D eigenvalue weighted by Gasteiger charge is -2.32. The van der Waals surface area contributed by atoms with E-state index in [-0.39, 0.29) is 24.3 Å². The van der Waals surface area contributed by atoms with Crippen LogP contribution in [0.15, 0.2) is 5.10 Å². The van der Waals surface area contributed by atoms with Crippen molar-refractivity contribution < 1.29 is 9.59 Å². The molecular formula is C11H14N4O2. The molecule has 1 unspecified atom stereocenters. The Morgan fingerprint density at radius 2 is 2.29 bits per heavy atom. The second-order valence-electron chi connectivity index (χ2n) is 4.23. The van der Waals surface area contributed by atoms with Gasteiger partial charge in [-0.25, -0.2) is 5.43 Å². The second-order valence-corrected chi connectivity index (χ2v) is 4.23. The van der Waals surface area contributed by atoms with E-state index in [1.54, 1.807) is 4.90 Å². The quantitative estimate of drug-likeness (QED) is 0.701. The summed E-state index contributed by atoms with van der Waals surface area (Å²) >= 11 is 0. The second kappa shape index (κ2) is 4.95. The molecule has 0 aromatic heterocycles. The van der Waals surface area contributed by atoms with E-state index in [1.165, 1.54) is 0 Å². The van der Waals surface area contributed by atoms with Crippen LogP contribution >= 0.6 is 0 Å². The Morgan fingerprint density at radius 3 is 2.94 bits per heavy atom. The minimum Gasteiger partial charge on any atom is -0.322 e. The Kier molecular flexibility index (Phi) is 3.38. The zero-order valence-corrected chi connectivity index (χ0v) is 9.48. The van der Waals surface area contributed by atoms with Crippen LogP contribution in [0.1, 0.15) is 32.1 Å². The number of hydrogen-bond acceptors (Lipinski definition) is 4. The molecule has 2 aliphatic rings. The van der Waals surface area contributed by atoms with Crippen LogP contribution < -0.4 is 5.43 Å². The van der Waals surface area contributed by atoms with Gasteiger partial charge in [-0.05, 0) is 19.3 Å². The maximum Gasteiger partial charge on any atom is 0.271 e. The van der Waals surface area contributed by atoms with Gasteiger partial charge in [0.1, 0.15) is 11.8 Å². The largest absolute Gasteiger partial charge is 0.322 e. The fourth-order valence-corrected chi connectivity index (χ4v) is 2.10. The summed E-state index contributed by atoms with van der Waals surface area (Å²) in [7, 11) is 0. The number of nitrogens with one attached hydrogen (secondary N) is 1. The van der Waals surface area contributed by atoms with Gasteiger partial charge in [0.25, 0.3) is 5.91 Å². The van der Waals surface area contributed by atoms with E-state index in [0.717, 1.165) is 19.3 Å². The lowest BCUT2D eigenvalue weighted by molar-refractivity contribution is -0.126. The summed E-state index contributed by atoms with van der Waals surface area (Å²) in [5.74, 6) is -0.381. The van der Waals surface area contributed by atoms with Crippen LogP contribution in [0.2, 0.25) is 0 Å². The number of nitriles is 1. The molecule has 1 atom stereocenters. The molecule has 17 heavy (non-hydrogen) atoms. The first-order valence-corrected chi connectivity index (χ1v) is 5.78. The first-order chi connectivity index (χ1) is 8.22. The fraction of sp³-hybridized carbons (Fsp3) is 0.636. The Bertz CT molecular complexity index is 410. The van der Waals surface area contributed by atoms with Crippen LogP contribution in [0, 0.1) is 11.3 Å². The number of hydrogen-bond donors (Lipinski definition) is 1. The van der Waals surface area contributed by atoms with Crippen LogP contribution in [0.3, 0.4) is 0 Å². The number of rotatable bonds is 1. The maximum absolute atomic E-state index is 12.1. The molecule has 0 spiro atoms. The lowest BCUT2D eigenvalue weighted by atomic mass is 10.0. The molecule has 0 aromatic carbocycles. The van der Waals surface area contributed by atoms with Gasteiger partial charge >= 0.3 is 0 Å². The standard InChI is InChI=1S/C11H14N4O2/c12-7-8-3-1-2-6-15(8)11(17)9-4-5-10(16)14-13-9/h8H,1-6H2,(H,14,16). The van der Waals surface area contributed by atoms with E-state index in [1.807, 2.05) is 0 Å². The highest BCUT2D eigenvalue weighted by molar-refractivity contribution is 6.39. The monoisotopic (exact) mass is 234 g/mol. The summed E-state index contributed by atoms with van der Waals surface area (Å²) in [6.45, 7) is 0.601. The Labute approximate surface area is 99.3 Å². The van der Waals surface area contributed by atoms with Crippen molar-refractivity contribution in [2.45, 2.75) is 38.1 Å². The number of nitrogens with zero attached hydrogens (tertiary/aromatic N) is 3. The average molecular weight is 234 g/mol. The molecular weight excluding hydrogens is 220 g/mol. The minimum atomic E-state index is -0.350. The van der Waals surface area contributed by atoms with E-state index in [0.29, 0.717) is 18.7 Å². The van der Waals surface area contributed by atoms with Gasteiger partial charge < -0.3 is 4.90 Å². The molecule has 2 aliphatic heterocycles. The molecule has 0 aliphatic carbocycles. The van der Waals surface area contributed by atoms with Gasteiger partial charge in [-0.3, -0.25) is 9.59 Å². The fourth-order valence-electron chi connectivity index (χ4n) is 2.10. The summed E-state index contributed by atoms with van der Waals surface area (Å²) < 4.78 is 0. The molecule has 1 N–H and O–H groups in total. The molecule has 0 bridgehead atoms. The highest BCUT2D eigenvalue weighted by atomic mass is 16.2. The van der Waals surface area contributed by atoms with Crippen molar-refractivity contribution in [1.29, 1.82) is 5.26 Å². The van der Waals surface area contributed by atoms with Gasteiger partial charge in [-0.2, -0.15) is 10.4 Å². The molecule has 2 amide bonds. The Balaban J connectivity index is 2.08. The zero-order chi connectivity index (χ0) is 12.3. The smallest absolute Gasteiger partial charge is 0.271 e. The highest BCUT2D eigenvalue weighted by Gasteiger charge is 2.30. The van der Waals surface area contributed by atoms with Crippen LogP contribution in [-0.4, -0.2) is 35.0 Å². The summed E-state index contributed by atoms with van der Waals surface area (Å²) in [4.78, 5) is 24.6. The molecule has 2 rings (SSSR count). The molecule has 6 heteroatoms. The molecule has 6 nitrogen and oxygen atoms in total. The number of carbonyl (C=O) groups excluding carboxylic acids is 2. The van der Waals surface area contributed by atoms with Crippen LogP contribution in [0.4, 0.5) is 0 Å². The average Bonchev–Trinajstić information content (AvgIpc) is 2.39. The van der Waals surface area contributed by atoms with Crippen molar-refractivity contribution in [1.82, 2.24) is 10.3 Å². The van der Waals surface area contributed by atoms with Gasteiger partial charge in [0.05, 0.1) is 6.07 Å². The number of amides is 2. The molecule has 90 valence electrons. The van der Waals surface area contributed by atoms with Crippen molar-refractivity contribution in [3.05, 3.63) is 0 Å². The summed E-state index contributed by atoms with van der Waals surface area (Å²) in [5, 5.41) is 12.8.